The quantitative estimate of drug-likeness (QED) is 0.803. The second-order valence-electron chi connectivity index (χ2n) is 5.72. The number of methoxy groups -OCH3 is 1. The summed E-state index contributed by atoms with van der Waals surface area (Å²) in [4.78, 5) is 0. The molecule has 1 N–H and O–H groups in total. The van der Waals surface area contributed by atoms with Gasteiger partial charge in [0.05, 0.1) is 17.2 Å². The van der Waals surface area contributed by atoms with Gasteiger partial charge in [0.25, 0.3) is 0 Å². The molecule has 1 aromatic carbocycles. The summed E-state index contributed by atoms with van der Waals surface area (Å²) in [5.74, 6) is 0.875. The third kappa shape index (κ3) is 3.79. The average Bonchev–Trinajstić information content (AvgIpc) is 2.95. The molecule has 118 valence electrons. The van der Waals surface area contributed by atoms with Gasteiger partial charge in [-0.3, -0.25) is 0 Å². The number of nitrogens with one attached hydrogen (secondary N) is 1. The van der Waals surface area contributed by atoms with Crippen LogP contribution in [0.5, 0.6) is 5.75 Å². The van der Waals surface area contributed by atoms with Crippen molar-refractivity contribution < 1.29 is 9.47 Å². The molecule has 0 radical (unpaired) electrons. The van der Waals surface area contributed by atoms with Gasteiger partial charge in [-0.25, -0.2) is 0 Å². The molecule has 1 aliphatic carbocycles. The van der Waals surface area contributed by atoms with Crippen LogP contribution in [0.3, 0.4) is 0 Å². The predicted molar refractivity (Wildman–Crippen MR) is 90.1 cm³/mol. The van der Waals surface area contributed by atoms with E-state index in [4.69, 9.17) is 9.47 Å². The standard InChI is InChI=1S/C17H26BrNO2/c1-4-21-17(9-5-6-10-17)16(19-2)12-13-7-8-15(20-3)14(18)11-13/h7-8,11,16,19H,4-6,9-10,12H2,1-3H3. The lowest BCUT2D eigenvalue weighted by molar-refractivity contribution is -0.0597. The van der Waals surface area contributed by atoms with E-state index in [9.17, 15) is 0 Å². The Labute approximate surface area is 136 Å². The second kappa shape index (κ2) is 7.61. The molecule has 21 heavy (non-hydrogen) atoms. The first-order chi connectivity index (χ1) is 10.1. The number of rotatable bonds is 7. The zero-order chi connectivity index (χ0) is 15.3. The zero-order valence-electron chi connectivity index (χ0n) is 13.2. The molecule has 4 heteroatoms. The minimum atomic E-state index is -0.00406. The van der Waals surface area contributed by atoms with Gasteiger partial charge in [-0.05, 0) is 66.9 Å². The van der Waals surface area contributed by atoms with Crippen LogP contribution in [0.4, 0.5) is 0 Å². The molecule has 0 aliphatic heterocycles. The molecule has 1 atom stereocenters. The van der Waals surface area contributed by atoms with Crippen molar-refractivity contribution in [3.05, 3.63) is 28.2 Å². The number of hydrogen-bond donors (Lipinski definition) is 1. The lowest BCUT2D eigenvalue weighted by Gasteiger charge is -2.37. The van der Waals surface area contributed by atoms with E-state index in [1.807, 2.05) is 13.1 Å². The normalized spacial score (nSPS) is 18.7. The van der Waals surface area contributed by atoms with Gasteiger partial charge in [0.15, 0.2) is 0 Å². The zero-order valence-corrected chi connectivity index (χ0v) is 14.8. The number of halogens is 1. The van der Waals surface area contributed by atoms with Gasteiger partial charge >= 0.3 is 0 Å². The lowest BCUT2D eigenvalue weighted by Crippen LogP contribution is -2.51. The van der Waals surface area contributed by atoms with Crippen molar-refractivity contribution in [2.24, 2.45) is 0 Å². The molecule has 1 saturated carbocycles. The Hall–Kier alpha value is -0.580. The molecule has 1 aromatic rings. The van der Waals surface area contributed by atoms with Crippen LogP contribution in [-0.4, -0.2) is 32.4 Å². The SMILES string of the molecule is CCOC1(C(Cc2ccc(OC)c(Br)c2)NC)CCCC1. The van der Waals surface area contributed by atoms with Gasteiger partial charge < -0.3 is 14.8 Å². The van der Waals surface area contributed by atoms with Crippen LogP contribution in [0.25, 0.3) is 0 Å². The van der Waals surface area contributed by atoms with Crippen LogP contribution in [-0.2, 0) is 11.2 Å². The van der Waals surface area contributed by atoms with E-state index < -0.39 is 0 Å². The van der Waals surface area contributed by atoms with Gasteiger partial charge in [0, 0.05) is 12.6 Å². The summed E-state index contributed by atoms with van der Waals surface area (Å²) < 4.78 is 12.5. The van der Waals surface area contributed by atoms with Crippen molar-refractivity contribution in [3.8, 4) is 5.75 Å². The van der Waals surface area contributed by atoms with E-state index in [1.54, 1.807) is 7.11 Å². The first-order valence-corrected chi connectivity index (χ1v) is 8.58. The number of hydrogen-bond acceptors (Lipinski definition) is 3. The van der Waals surface area contributed by atoms with Crippen molar-refractivity contribution in [2.75, 3.05) is 20.8 Å². The molecule has 0 saturated heterocycles. The summed E-state index contributed by atoms with van der Waals surface area (Å²) in [5, 5.41) is 3.49. The van der Waals surface area contributed by atoms with Crippen molar-refractivity contribution in [3.63, 3.8) is 0 Å². The first kappa shape index (κ1) is 16.8. The van der Waals surface area contributed by atoms with E-state index >= 15 is 0 Å². The van der Waals surface area contributed by atoms with Gasteiger partial charge in [0.2, 0.25) is 0 Å². The average molecular weight is 356 g/mol. The Bertz CT molecular complexity index is 458. The van der Waals surface area contributed by atoms with Gasteiger partial charge in [-0.1, -0.05) is 18.9 Å². The molecule has 3 nitrogen and oxygen atoms in total. The Kier molecular flexibility index (Phi) is 6.08. The summed E-state index contributed by atoms with van der Waals surface area (Å²) in [6, 6.07) is 6.66. The fourth-order valence-electron chi connectivity index (χ4n) is 3.48. The molecular formula is C17H26BrNO2. The van der Waals surface area contributed by atoms with Crippen LogP contribution in [0.1, 0.15) is 38.2 Å². The molecule has 1 unspecified atom stereocenters. The summed E-state index contributed by atoms with van der Waals surface area (Å²) in [6.07, 6.45) is 5.82. The molecule has 0 spiro atoms. The highest BCUT2D eigenvalue weighted by molar-refractivity contribution is 9.10. The Balaban J connectivity index is 2.16. The summed E-state index contributed by atoms with van der Waals surface area (Å²) in [7, 11) is 3.74. The topological polar surface area (TPSA) is 30.5 Å². The highest BCUT2D eigenvalue weighted by atomic mass is 79.9. The van der Waals surface area contributed by atoms with Crippen LogP contribution < -0.4 is 10.1 Å². The van der Waals surface area contributed by atoms with Crippen LogP contribution in [0.15, 0.2) is 22.7 Å². The molecule has 0 heterocycles. The maximum Gasteiger partial charge on any atom is 0.133 e. The largest absolute Gasteiger partial charge is 0.496 e. The number of benzene rings is 1. The molecule has 0 bridgehead atoms. The van der Waals surface area contributed by atoms with Crippen molar-refractivity contribution in [1.82, 2.24) is 5.32 Å². The summed E-state index contributed by atoms with van der Waals surface area (Å²) in [5.41, 5.74) is 1.30. The second-order valence-corrected chi connectivity index (χ2v) is 6.57. The van der Waals surface area contributed by atoms with Gasteiger partial charge in [-0.2, -0.15) is 0 Å². The van der Waals surface area contributed by atoms with Crippen molar-refractivity contribution >= 4 is 15.9 Å². The lowest BCUT2D eigenvalue weighted by atomic mass is 9.87. The monoisotopic (exact) mass is 355 g/mol. The number of likely N-dealkylation sites (N-methyl/N-ethyl adjacent to an activating group) is 1. The minimum Gasteiger partial charge on any atom is -0.496 e. The number of ether oxygens (including phenoxy) is 2. The highest BCUT2D eigenvalue weighted by Gasteiger charge is 2.41. The molecule has 2 rings (SSSR count). The van der Waals surface area contributed by atoms with E-state index in [-0.39, 0.29) is 5.60 Å². The van der Waals surface area contributed by atoms with Crippen molar-refractivity contribution in [1.29, 1.82) is 0 Å². The van der Waals surface area contributed by atoms with E-state index in [1.165, 1.54) is 18.4 Å². The minimum absolute atomic E-state index is 0.00406. The van der Waals surface area contributed by atoms with E-state index in [0.29, 0.717) is 6.04 Å². The highest BCUT2D eigenvalue weighted by Crippen LogP contribution is 2.37. The van der Waals surface area contributed by atoms with E-state index in [0.717, 1.165) is 36.1 Å². The summed E-state index contributed by atoms with van der Waals surface area (Å²) >= 11 is 3.57. The Morgan fingerprint density at radius 1 is 1.33 bits per heavy atom. The van der Waals surface area contributed by atoms with Gasteiger partial charge in [0.1, 0.15) is 5.75 Å². The predicted octanol–water partition coefficient (Wildman–Crippen LogP) is 3.94. The molecule has 0 amide bonds. The third-order valence-electron chi connectivity index (χ3n) is 4.52. The Morgan fingerprint density at radius 2 is 2.05 bits per heavy atom. The summed E-state index contributed by atoms with van der Waals surface area (Å²) in [6.45, 7) is 2.88. The Morgan fingerprint density at radius 3 is 2.57 bits per heavy atom. The fraction of sp³-hybridized carbons (Fsp3) is 0.647. The van der Waals surface area contributed by atoms with Crippen LogP contribution >= 0.6 is 15.9 Å². The maximum atomic E-state index is 6.19. The van der Waals surface area contributed by atoms with Crippen LogP contribution in [0.2, 0.25) is 0 Å². The molecule has 1 fully saturated rings. The fourth-order valence-corrected chi connectivity index (χ4v) is 4.07. The molecular weight excluding hydrogens is 330 g/mol. The maximum absolute atomic E-state index is 6.19. The van der Waals surface area contributed by atoms with Crippen molar-refractivity contribution in [2.45, 2.75) is 50.7 Å². The third-order valence-corrected chi connectivity index (χ3v) is 5.14. The van der Waals surface area contributed by atoms with Crippen LogP contribution in [0, 0.1) is 0 Å². The molecule has 0 aromatic heterocycles. The smallest absolute Gasteiger partial charge is 0.133 e. The van der Waals surface area contributed by atoms with Gasteiger partial charge in [-0.15, -0.1) is 0 Å². The molecule has 1 aliphatic rings. The first-order valence-electron chi connectivity index (χ1n) is 7.79. The van der Waals surface area contributed by atoms with E-state index in [2.05, 4.69) is 40.3 Å².